The molecule has 19 heavy (non-hydrogen) atoms. The zero-order valence-electron chi connectivity index (χ0n) is 11.5. The van der Waals surface area contributed by atoms with Crippen molar-refractivity contribution in [1.82, 2.24) is 10.2 Å². The number of hydrogen-bond donors (Lipinski definition) is 1. The van der Waals surface area contributed by atoms with Crippen molar-refractivity contribution in [1.29, 1.82) is 0 Å². The first-order valence-corrected chi connectivity index (χ1v) is 7.64. The van der Waals surface area contributed by atoms with Crippen LogP contribution in [0.25, 0.3) is 0 Å². The summed E-state index contributed by atoms with van der Waals surface area (Å²) in [5.74, 6) is 0. The third-order valence-corrected chi connectivity index (χ3v) is 4.50. The van der Waals surface area contributed by atoms with Gasteiger partial charge in [-0.15, -0.1) is 0 Å². The summed E-state index contributed by atoms with van der Waals surface area (Å²) in [6.45, 7) is 9.08. The van der Waals surface area contributed by atoms with Crippen molar-refractivity contribution in [3.63, 3.8) is 0 Å². The van der Waals surface area contributed by atoms with E-state index in [4.69, 9.17) is 11.6 Å². The summed E-state index contributed by atoms with van der Waals surface area (Å²) >= 11 is 6.12. The predicted octanol–water partition coefficient (Wildman–Crippen LogP) is 2.00. The zero-order chi connectivity index (χ0) is 13.2. The Morgan fingerprint density at radius 1 is 1.32 bits per heavy atom. The van der Waals surface area contributed by atoms with Gasteiger partial charge in [-0.05, 0) is 37.1 Å². The van der Waals surface area contributed by atoms with Gasteiger partial charge in [0.05, 0.1) is 0 Å². The Morgan fingerprint density at radius 2 is 2.11 bits per heavy atom. The van der Waals surface area contributed by atoms with Crippen LogP contribution < -0.4 is 10.2 Å². The highest BCUT2D eigenvalue weighted by atomic mass is 35.5. The second kappa shape index (κ2) is 5.70. The summed E-state index contributed by atoms with van der Waals surface area (Å²) in [4.78, 5) is 5.12. The van der Waals surface area contributed by atoms with Gasteiger partial charge in [-0.25, -0.2) is 0 Å². The maximum absolute atomic E-state index is 6.12. The lowest BCUT2D eigenvalue weighted by molar-refractivity contribution is 0.226. The molecule has 0 amide bonds. The van der Waals surface area contributed by atoms with Crippen molar-refractivity contribution >= 4 is 17.3 Å². The van der Waals surface area contributed by atoms with Crippen molar-refractivity contribution in [3.8, 4) is 0 Å². The minimum absolute atomic E-state index is 0.608. The number of rotatable bonds is 3. The first-order valence-electron chi connectivity index (χ1n) is 7.26. The number of fused-ring (bicyclic) bond motifs is 1. The fourth-order valence-corrected chi connectivity index (χ4v) is 3.54. The molecule has 1 atom stereocenters. The van der Waals surface area contributed by atoms with Crippen LogP contribution in [0.3, 0.4) is 0 Å². The Balaban J connectivity index is 1.73. The Bertz CT molecular complexity index is 443. The Morgan fingerprint density at radius 3 is 2.84 bits per heavy atom. The summed E-state index contributed by atoms with van der Waals surface area (Å²) in [6.07, 6.45) is 1.13. The number of nitrogens with zero attached hydrogens (tertiary/aromatic N) is 2. The molecule has 1 unspecified atom stereocenters. The van der Waals surface area contributed by atoms with E-state index in [0.717, 1.165) is 31.1 Å². The molecule has 1 saturated heterocycles. The molecule has 0 aliphatic carbocycles. The largest absolute Gasteiger partial charge is 0.367 e. The molecule has 4 heteroatoms. The van der Waals surface area contributed by atoms with Crippen molar-refractivity contribution < 1.29 is 0 Å². The van der Waals surface area contributed by atoms with E-state index in [2.05, 4.69) is 34.2 Å². The van der Waals surface area contributed by atoms with Crippen molar-refractivity contribution in [2.45, 2.75) is 19.4 Å². The van der Waals surface area contributed by atoms with Gasteiger partial charge in [0.2, 0.25) is 0 Å². The number of likely N-dealkylation sites (N-methyl/N-ethyl adjacent to an activating group) is 1. The molecule has 0 bridgehead atoms. The number of nitrogens with one attached hydrogen (secondary N) is 1. The molecular weight excluding hydrogens is 258 g/mol. The lowest BCUT2D eigenvalue weighted by Crippen LogP contribution is -2.49. The third kappa shape index (κ3) is 2.73. The van der Waals surface area contributed by atoms with E-state index in [1.54, 1.807) is 0 Å². The fourth-order valence-electron chi connectivity index (χ4n) is 3.34. The first-order chi connectivity index (χ1) is 9.28. The Hall–Kier alpha value is -0.770. The van der Waals surface area contributed by atoms with Gasteiger partial charge in [-0.2, -0.15) is 0 Å². The van der Waals surface area contributed by atoms with Gasteiger partial charge in [0.1, 0.15) is 0 Å². The monoisotopic (exact) mass is 279 g/mol. The minimum Gasteiger partial charge on any atom is -0.367 e. The molecule has 1 fully saturated rings. The molecule has 3 nitrogen and oxygen atoms in total. The Labute approximate surface area is 120 Å². The highest BCUT2D eigenvalue weighted by Gasteiger charge is 2.29. The van der Waals surface area contributed by atoms with Gasteiger partial charge in [0.15, 0.2) is 0 Å². The number of anilines is 1. The lowest BCUT2D eigenvalue weighted by Gasteiger charge is -2.34. The van der Waals surface area contributed by atoms with Crippen LogP contribution in [0.2, 0.25) is 5.02 Å². The summed E-state index contributed by atoms with van der Waals surface area (Å²) < 4.78 is 0. The molecule has 0 saturated carbocycles. The van der Waals surface area contributed by atoms with Gasteiger partial charge in [0.25, 0.3) is 0 Å². The summed E-state index contributed by atoms with van der Waals surface area (Å²) in [5, 5.41) is 4.28. The number of halogens is 1. The molecule has 2 heterocycles. The molecule has 2 aliphatic rings. The van der Waals surface area contributed by atoms with Gasteiger partial charge >= 0.3 is 0 Å². The summed E-state index contributed by atoms with van der Waals surface area (Å²) in [7, 11) is 0. The highest BCUT2D eigenvalue weighted by Crippen LogP contribution is 2.34. The van der Waals surface area contributed by atoms with Crippen molar-refractivity contribution in [3.05, 3.63) is 28.8 Å². The highest BCUT2D eigenvalue weighted by molar-refractivity contribution is 6.30. The number of piperazine rings is 1. The van der Waals surface area contributed by atoms with E-state index in [1.165, 1.54) is 30.9 Å². The smallest absolute Gasteiger partial charge is 0.0458 e. The molecule has 0 spiro atoms. The Kier molecular flexibility index (Phi) is 3.96. The van der Waals surface area contributed by atoms with E-state index < -0.39 is 0 Å². The average molecular weight is 280 g/mol. The first kappa shape index (κ1) is 13.2. The summed E-state index contributed by atoms with van der Waals surface area (Å²) in [6, 6.07) is 6.93. The van der Waals surface area contributed by atoms with Crippen molar-refractivity contribution in [2.24, 2.45) is 0 Å². The molecule has 0 radical (unpaired) electrons. The van der Waals surface area contributed by atoms with Crippen LogP contribution in [0.1, 0.15) is 12.5 Å². The van der Waals surface area contributed by atoms with E-state index in [-0.39, 0.29) is 0 Å². The van der Waals surface area contributed by atoms with Crippen LogP contribution in [0.4, 0.5) is 5.69 Å². The average Bonchev–Trinajstić information content (AvgIpc) is 2.76. The van der Waals surface area contributed by atoms with Gasteiger partial charge in [0, 0.05) is 56.0 Å². The molecule has 0 aromatic heterocycles. The molecule has 1 N–H and O–H groups in total. The predicted molar refractivity (Wildman–Crippen MR) is 81.3 cm³/mol. The van der Waals surface area contributed by atoms with Crippen molar-refractivity contribution in [2.75, 3.05) is 44.2 Å². The van der Waals surface area contributed by atoms with E-state index >= 15 is 0 Å². The zero-order valence-corrected chi connectivity index (χ0v) is 12.3. The van der Waals surface area contributed by atoms with Crippen LogP contribution in [0, 0.1) is 0 Å². The van der Waals surface area contributed by atoms with Gasteiger partial charge in [-0.3, -0.25) is 4.90 Å². The SMILES string of the molecule is CCN1c2ccc(Cl)cc2CC1CN1CCNCC1. The minimum atomic E-state index is 0.608. The normalized spacial score (nSPS) is 23.7. The second-order valence-electron chi connectivity index (χ2n) is 5.47. The number of hydrogen-bond acceptors (Lipinski definition) is 3. The lowest BCUT2D eigenvalue weighted by atomic mass is 10.1. The van der Waals surface area contributed by atoms with Crippen LogP contribution >= 0.6 is 11.6 Å². The molecule has 1 aromatic rings. The molecular formula is C15H22ClN3. The van der Waals surface area contributed by atoms with E-state index in [9.17, 15) is 0 Å². The molecule has 2 aliphatic heterocycles. The maximum atomic E-state index is 6.12. The summed E-state index contributed by atoms with van der Waals surface area (Å²) in [5.41, 5.74) is 2.79. The number of benzene rings is 1. The van der Waals surface area contributed by atoms with Gasteiger partial charge < -0.3 is 10.2 Å². The maximum Gasteiger partial charge on any atom is 0.0458 e. The third-order valence-electron chi connectivity index (χ3n) is 4.27. The molecule has 1 aromatic carbocycles. The van der Waals surface area contributed by atoms with E-state index in [0.29, 0.717) is 6.04 Å². The van der Waals surface area contributed by atoms with Crippen LogP contribution in [0.15, 0.2) is 18.2 Å². The van der Waals surface area contributed by atoms with Crippen LogP contribution in [-0.4, -0.2) is 50.2 Å². The van der Waals surface area contributed by atoms with E-state index in [1.807, 2.05) is 6.07 Å². The fraction of sp³-hybridized carbons (Fsp3) is 0.600. The van der Waals surface area contributed by atoms with Crippen LogP contribution in [-0.2, 0) is 6.42 Å². The molecule has 104 valence electrons. The second-order valence-corrected chi connectivity index (χ2v) is 5.90. The van der Waals surface area contributed by atoms with Crippen LogP contribution in [0.5, 0.6) is 0 Å². The topological polar surface area (TPSA) is 18.5 Å². The van der Waals surface area contributed by atoms with Gasteiger partial charge in [-0.1, -0.05) is 11.6 Å². The molecule has 3 rings (SSSR count). The standard InChI is InChI=1S/C15H22ClN3/c1-2-19-14(11-18-7-5-17-6-8-18)10-12-9-13(16)3-4-15(12)19/h3-4,9,14,17H,2,5-8,10-11H2,1H3. The quantitative estimate of drug-likeness (QED) is 0.913.